The molecule has 1 aliphatic rings. The van der Waals surface area contributed by atoms with Crippen LogP contribution in [0.4, 0.5) is 4.39 Å². The maximum absolute atomic E-state index is 13.0. The summed E-state index contributed by atoms with van der Waals surface area (Å²) in [5, 5.41) is 0. The Bertz CT molecular complexity index is 374. The van der Waals surface area contributed by atoms with Gasteiger partial charge in [0, 0.05) is 5.56 Å². The summed E-state index contributed by atoms with van der Waals surface area (Å²) >= 11 is 3.10. The topological polar surface area (TPSA) is 38.4 Å². The van der Waals surface area contributed by atoms with Gasteiger partial charge in [0.25, 0.3) is 0 Å². The van der Waals surface area contributed by atoms with Crippen molar-refractivity contribution in [1.29, 1.82) is 0 Å². The van der Waals surface area contributed by atoms with Crippen LogP contribution in [0.2, 0.25) is 0 Å². The van der Waals surface area contributed by atoms with Gasteiger partial charge >= 0.3 is 0 Å². The second-order valence-corrected chi connectivity index (χ2v) is 3.48. The summed E-state index contributed by atoms with van der Waals surface area (Å²) in [5.41, 5.74) is 7.22. The number of benzene rings is 1. The minimum atomic E-state index is -0.297. The molecule has 0 amide bonds. The van der Waals surface area contributed by atoms with Crippen molar-refractivity contribution >= 4 is 21.8 Å². The Morgan fingerprint density at radius 3 is 3.00 bits per heavy atom. The third-order valence-electron chi connectivity index (χ3n) is 1.84. The van der Waals surface area contributed by atoms with Crippen molar-refractivity contribution < 1.29 is 4.39 Å². The van der Waals surface area contributed by atoms with E-state index >= 15 is 0 Å². The quantitative estimate of drug-likeness (QED) is 0.723. The first-order chi connectivity index (χ1) is 5.68. The molecule has 1 aromatic carbocycles. The fourth-order valence-electron chi connectivity index (χ4n) is 1.21. The van der Waals surface area contributed by atoms with Gasteiger partial charge in [-0.25, -0.2) is 4.39 Å². The highest BCUT2D eigenvalue weighted by atomic mass is 79.9. The first-order valence-electron chi connectivity index (χ1n) is 3.46. The smallest absolute Gasteiger partial charge is 0.138 e. The molecule has 0 saturated heterocycles. The molecule has 0 aliphatic carbocycles. The van der Waals surface area contributed by atoms with Gasteiger partial charge in [0.05, 0.1) is 11.0 Å². The first kappa shape index (κ1) is 7.73. The molecule has 4 heteroatoms. The fraction of sp³-hybridized carbons (Fsp3) is 0.125. The predicted molar refractivity (Wildman–Crippen MR) is 48.5 cm³/mol. The maximum Gasteiger partial charge on any atom is 0.138 e. The van der Waals surface area contributed by atoms with Crippen LogP contribution in [0.3, 0.4) is 0 Å². The van der Waals surface area contributed by atoms with Crippen molar-refractivity contribution in [2.45, 2.75) is 6.54 Å². The summed E-state index contributed by atoms with van der Waals surface area (Å²) in [6, 6.07) is 3.12. The van der Waals surface area contributed by atoms with Gasteiger partial charge in [-0.15, -0.1) is 0 Å². The van der Waals surface area contributed by atoms with Gasteiger partial charge in [-0.3, -0.25) is 4.99 Å². The van der Waals surface area contributed by atoms with E-state index in [2.05, 4.69) is 20.9 Å². The second-order valence-electron chi connectivity index (χ2n) is 2.62. The molecule has 12 heavy (non-hydrogen) atoms. The molecule has 0 fully saturated rings. The van der Waals surface area contributed by atoms with E-state index in [0.717, 1.165) is 11.1 Å². The predicted octanol–water partition coefficient (Wildman–Crippen LogP) is 1.81. The summed E-state index contributed by atoms with van der Waals surface area (Å²) in [6.07, 6.45) is 0. The molecule has 0 aromatic heterocycles. The van der Waals surface area contributed by atoms with Gasteiger partial charge in [0.15, 0.2) is 0 Å². The van der Waals surface area contributed by atoms with E-state index in [1.807, 2.05) is 0 Å². The second kappa shape index (κ2) is 2.55. The number of aliphatic imine (C=N–C) groups is 1. The van der Waals surface area contributed by atoms with Gasteiger partial charge in [0.1, 0.15) is 11.7 Å². The number of nitrogens with zero attached hydrogens (tertiary/aromatic N) is 1. The molecule has 0 radical (unpaired) electrons. The summed E-state index contributed by atoms with van der Waals surface area (Å²) in [6.45, 7) is 0.556. The van der Waals surface area contributed by atoms with Crippen molar-refractivity contribution in [3.8, 4) is 0 Å². The molecule has 2 N–H and O–H groups in total. The number of hydrogen-bond acceptors (Lipinski definition) is 2. The Balaban J connectivity index is 2.63. The van der Waals surface area contributed by atoms with Crippen LogP contribution in [-0.2, 0) is 6.54 Å². The minimum Gasteiger partial charge on any atom is -0.383 e. The Morgan fingerprint density at radius 2 is 2.25 bits per heavy atom. The molecule has 2 rings (SSSR count). The minimum absolute atomic E-state index is 0.297. The molecule has 1 heterocycles. The van der Waals surface area contributed by atoms with E-state index in [9.17, 15) is 4.39 Å². The maximum atomic E-state index is 13.0. The fourth-order valence-corrected chi connectivity index (χ4v) is 1.60. The molecule has 1 aromatic rings. The van der Waals surface area contributed by atoms with Crippen molar-refractivity contribution in [2.75, 3.05) is 0 Å². The van der Waals surface area contributed by atoms with Gasteiger partial charge < -0.3 is 5.73 Å². The Hall–Kier alpha value is -0.900. The van der Waals surface area contributed by atoms with E-state index in [4.69, 9.17) is 5.73 Å². The number of nitrogens with two attached hydrogens (primary N) is 1. The highest BCUT2D eigenvalue weighted by Crippen LogP contribution is 2.24. The van der Waals surface area contributed by atoms with Gasteiger partial charge in [-0.2, -0.15) is 0 Å². The number of hydrogen-bond donors (Lipinski definition) is 1. The molecule has 0 bridgehead atoms. The lowest BCUT2D eigenvalue weighted by Crippen LogP contribution is -2.10. The highest BCUT2D eigenvalue weighted by Gasteiger charge is 2.15. The number of fused-ring (bicyclic) bond motifs is 1. The van der Waals surface area contributed by atoms with E-state index in [1.54, 1.807) is 6.07 Å². The van der Waals surface area contributed by atoms with Crippen LogP contribution in [-0.4, -0.2) is 5.84 Å². The molecule has 0 saturated carbocycles. The summed E-state index contributed by atoms with van der Waals surface area (Å²) in [4.78, 5) is 3.99. The van der Waals surface area contributed by atoms with Crippen molar-refractivity contribution in [3.63, 3.8) is 0 Å². The Labute approximate surface area is 77.4 Å². The number of amidine groups is 1. The largest absolute Gasteiger partial charge is 0.383 e. The lowest BCUT2D eigenvalue weighted by molar-refractivity contribution is 0.620. The van der Waals surface area contributed by atoms with Gasteiger partial charge in [-0.1, -0.05) is 0 Å². The van der Waals surface area contributed by atoms with Crippen LogP contribution >= 0.6 is 15.9 Å². The summed E-state index contributed by atoms with van der Waals surface area (Å²) in [5.74, 6) is 0.130. The molecule has 62 valence electrons. The molecular formula is C8H6BrFN2. The average Bonchev–Trinajstić information content (AvgIpc) is 2.35. The van der Waals surface area contributed by atoms with Crippen LogP contribution in [0, 0.1) is 5.82 Å². The van der Waals surface area contributed by atoms with Crippen LogP contribution < -0.4 is 5.73 Å². The molecule has 2 nitrogen and oxygen atoms in total. The van der Waals surface area contributed by atoms with Crippen LogP contribution in [0.25, 0.3) is 0 Å². The van der Waals surface area contributed by atoms with Crippen LogP contribution in [0.15, 0.2) is 21.6 Å². The SMILES string of the molecule is NC1=NCc2cc(Br)c(F)cc21. The molecule has 1 aliphatic heterocycles. The monoisotopic (exact) mass is 228 g/mol. The zero-order chi connectivity index (χ0) is 8.72. The lowest BCUT2D eigenvalue weighted by Gasteiger charge is -2.00. The third kappa shape index (κ3) is 1.03. The Kier molecular flexibility index (Phi) is 1.65. The van der Waals surface area contributed by atoms with E-state index in [-0.39, 0.29) is 5.82 Å². The van der Waals surface area contributed by atoms with E-state index in [0.29, 0.717) is 16.9 Å². The molecule has 0 unspecified atom stereocenters. The molecule has 0 atom stereocenters. The van der Waals surface area contributed by atoms with Crippen LogP contribution in [0.5, 0.6) is 0 Å². The van der Waals surface area contributed by atoms with Crippen LogP contribution in [0.1, 0.15) is 11.1 Å². The normalized spacial score (nSPS) is 14.3. The van der Waals surface area contributed by atoms with Crippen molar-refractivity contribution in [3.05, 3.63) is 33.5 Å². The summed E-state index contributed by atoms with van der Waals surface area (Å²) < 4.78 is 13.5. The summed E-state index contributed by atoms with van der Waals surface area (Å²) in [7, 11) is 0. The zero-order valence-electron chi connectivity index (χ0n) is 6.14. The van der Waals surface area contributed by atoms with Gasteiger partial charge in [-0.05, 0) is 33.6 Å². The lowest BCUT2D eigenvalue weighted by atomic mass is 10.1. The number of rotatable bonds is 0. The van der Waals surface area contributed by atoms with Crippen molar-refractivity contribution in [2.24, 2.45) is 10.7 Å². The zero-order valence-corrected chi connectivity index (χ0v) is 7.73. The van der Waals surface area contributed by atoms with Crippen molar-refractivity contribution in [1.82, 2.24) is 0 Å². The first-order valence-corrected chi connectivity index (χ1v) is 4.26. The standard InChI is InChI=1S/C8H6BrFN2/c9-6-1-4-3-12-8(11)5(4)2-7(6)10/h1-2H,3H2,(H2,11,12). The molecule has 0 spiro atoms. The van der Waals surface area contributed by atoms with E-state index < -0.39 is 0 Å². The Morgan fingerprint density at radius 1 is 1.50 bits per heavy atom. The van der Waals surface area contributed by atoms with E-state index in [1.165, 1.54) is 6.07 Å². The van der Waals surface area contributed by atoms with Gasteiger partial charge in [0.2, 0.25) is 0 Å². The molecular weight excluding hydrogens is 223 g/mol. The number of halogens is 2. The highest BCUT2D eigenvalue weighted by molar-refractivity contribution is 9.10. The average molecular weight is 229 g/mol. The third-order valence-corrected chi connectivity index (χ3v) is 2.45.